The quantitative estimate of drug-likeness (QED) is 0.137. The Morgan fingerprint density at radius 2 is 1.62 bits per heavy atom. The average molecular weight is 774 g/mol. The first kappa shape index (κ1) is 43.5. The van der Waals surface area contributed by atoms with Gasteiger partial charge in [0.25, 0.3) is 5.91 Å². The van der Waals surface area contributed by atoms with E-state index in [2.05, 4.69) is 21.0 Å². The van der Waals surface area contributed by atoms with Crippen LogP contribution in [0.4, 0.5) is 9.59 Å². The molecule has 1 saturated heterocycles. The summed E-state index contributed by atoms with van der Waals surface area (Å²) in [6.07, 6.45) is -1.03. The fourth-order valence-electron chi connectivity index (χ4n) is 6.77. The number of hydrogen-bond donors (Lipinski definition) is 4. The van der Waals surface area contributed by atoms with Crippen LogP contribution in [0, 0.1) is 18.3 Å². The molecule has 1 aliphatic heterocycles. The van der Waals surface area contributed by atoms with Crippen molar-refractivity contribution in [3.05, 3.63) is 95.3 Å². The molecule has 2 heterocycles. The molecule has 0 spiro atoms. The van der Waals surface area contributed by atoms with Gasteiger partial charge in [-0.1, -0.05) is 89.6 Å². The lowest BCUT2D eigenvalue weighted by atomic mass is 9.86. The van der Waals surface area contributed by atoms with Gasteiger partial charge in [-0.15, -0.1) is 0 Å². The molecule has 56 heavy (non-hydrogen) atoms. The fourth-order valence-corrected chi connectivity index (χ4v) is 6.77. The molecule has 1 aliphatic rings. The first-order valence-electron chi connectivity index (χ1n) is 19.2. The average Bonchev–Trinajstić information content (AvgIpc) is 3.51. The second kappa shape index (κ2) is 20.1. The minimum absolute atomic E-state index is 0.0987. The summed E-state index contributed by atoms with van der Waals surface area (Å²) in [5.41, 5.74) is 5.55. The number of urea groups is 1. The summed E-state index contributed by atoms with van der Waals surface area (Å²) in [7, 11) is 2.80. The van der Waals surface area contributed by atoms with Crippen LogP contribution in [-0.2, 0) is 33.8 Å². The maximum atomic E-state index is 14.4. The first-order chi connectivity index (χ1) is 26.6. The Labute approximate surface area is 330 Å². The van der Waals surface area contributed by atoms with Crippen molar-refractivity contribution in [2.45, 2.75) is 91.7 Å². The predicted molar refractivity (Wildman–Crippen MR) is 213 cm³/mol. The Balaban J connectivity index is 1.61. The van der Waals surface area contributed by atoms with Crippen LogP contribution in [-0.4, -0.2) is 107 Å². The number of carbonyl (C=O) groups excluding carboxylic acids is 4. The number of hydrazine groups is 1. The van der Waals surface area contributed by atoms with Crippen LogP contribution in [0.2, 0.25) is 0 Å². The number of carbonyl (C=O) groups is 4. The van der Waals surface area contributed by atoms with E-state index in [0.29, 0.717) is 31.8 Å². The summed E-state index contributed by atoms with van der Waals surface area (Å²) in [5, 5.41) is 19.4. The number of pyridine rings is 1. The molecule has 1 fully saturated rings. The van der Waals surface area contributed by atoms with Crippen molar-refractivity contribution in [2.75, 3.05) is 33.9 Å². The van der Waals surface area contributed by atoms with Gasteiger partial charge in [-0.3, -0.25) is 20.0 Å². The smallest absolute Gasteiger partial charge is 0.407 e. The molecule has 0 bridgehead atoms. The number of hydrogen-bond acceptors (Lipinski definition) is 9. The topological polar surface area (TPSA) is 166 Å². The Morgan fingerprint density at radius 3 is 2.23 bits per heavy atom. The van der Waals surface area contributed by atoms with Gasteiger partial charge in [0.2, 0.25) is 5.91 Å². The number of alkyl carbamates (subject to hydrolysis) is 1. The number of rotatable bonds is 18. The summed E-state index contributed by atoms with van der Waals surface area (Å²) in [5.74, 6) is -0.411. The van der Waals surface area contributed by atoms with E-state index in [1.54, 1.807) is 34.1 Å². The highest BCUT2D eigenvalue weighted by atomic mass is 16.5. The molecule has 4 rings (SSSR count). The van der Waals surface area contributed by atoms with Gasteiger partial charge in [0, 0.05) is 31.9 Å². The van der Waals surface area contributed by atoms with Crippen molar-refractivity contribution in [1.29, 1.82) is 0 Å². The number of aryl methyl sites for hydroxylation is 1. The summed E-state index contributed by atoms with van der Waals surface area (Å²) in [6.45, 7) is 12.5. The first-order valence-corrected chi connectivity index (χ1v) is 19.2. The van der Waals surface area contributed by atoms with Gasteiger partial charge in [-0.05, 0) is 60.1 Å². The van der Waals surface area contributed by atoms with E-state index in [9.17, 15) is 24.3 Å². The molecule has 14 nitrogen and oxygen atoms in total. The molecule has 3 aromatic rings. The highest BCUT2D eigenvalue weighted by Crippen LogP contribution is 2.24. The number of aliphatic hydroxyl groups excluding tert-OH is 1. The van der Waals surface area contributed by atoms with Crippen molar-refractivity contribution >= 4 is 23.9 Å². The van der Waals surface area contributed by atoms with Crippen LogP contribution in [0.3, 0.4) is 0 Å². The van der Waals surface area contributed by atoms with Crippen molar-refractivity contribution in [1.82, 2.24) is 35.9 Å². The molecule has 0 saturated carbocycles. The number of aromatic nitrogens is 1. The summed E-state index contributed by atoms with van der Waals surface area (Å²) in [6, 6.07) is 19.7. The van der Waals surface area contributed by atoms with Crippen LogP contribution < -0.4 is 20.8 Å². The van der Waals surface area contributed by atoms with Gasteiger partial charge in [0.05, 0.1) is 38.6 Å². The van der Waals surface area contributed by atoms with Crippen LogP contribution >= 0.6 is 0 Å². The van der Waals surface area contributed by atoms with Gasteiger partial charge in [0.1, 0.15) is 17.8 Å². The van der Waals surface area contributed by atoms with Crippen LogP contribution in [0.25, 0.3) is 0 Å². The number of methoxy groups -OCH3 is 2. The Bertz CT molecular complexity index is 1750. The molecule has 5 amide bonds. The maximum absolute atomic E-state index is 14.4. The van der Waals surface area contributed by atoms with Crippen molar-refractivity contribution < 1.29 is 33.8 Å². The molecule has 5 atom stereocenters. The third-order valence-electron chi connectivity index (χ3n) is 10.1. The third kappa shape index (κ3) is 12.1. The van der Waals surface area contributed by atoms with E-state index in [0.717, 1.165) is 22.5 Å². The standard InChI is InChI=1S/C42H59N7O7/c1-9-28(2)36(49-23-22-47(41(49)54)26-32-17-13-14-29(3)43-32)38(51)44-34(24-30-15-11-10-12-16-30)35(50)27-48(25-31-18-20-33(55-7)21-19-31)46-39(52)37(42(4,5)6)45-40(53)56-8/h10-21,28,34-37,50H,9,22-27H2,1-8H3,(H,44,51)(H,45,53)(H,46,52)/t28-,34-,35-,36-,37+/m0/s1. The Kier molecular flexibility index (Phi) is 15.6. The van der Waals surface area contributed by atoms with Crippen molar-refractivity contribution in [3.63, 3.8) is 0 Å². The highest BCUT2D eigenvalue weighted by molar-refractivity contribution is 5.88. The van der Waals surface area contributed by atoms with Crippen molar-refractivity contribution in [2.24, 2.45) is 11.3 Å². The van der Waals surface area contributed by atoms with Crippen LogP contribution in [0.15, 0.2) is 72.8 Å². The number of amides is 5. The predicted octanol–water partition coefficient (Wildman–Crippen LogP) is 4.44. The largest absolute Gasteiger partial charge is 0.497 e. The van der Waals surface area contributed by atoms with Gasteiger partial charge in [-0.25, -0.2) is 14.6 Å². The number of nitrogens with one attached hydrogen (secondary N) is 3. The van der Waals surface area contributed by atoms with Crippen molar-refractivity contribution in [3.8, 4) is 5.75 Å². The number of aliphatic hydroxyl groups is 1. The maximum Gasteiger partial charge on any atom is 0.407 e. The lowest BCUT2D eigenvalue weighted by molar-refractivity contribution is -0.132. The fraction of sp³-hybridized carbons (Fsp3) is 0.500. The molecule has 4 N–H and O–H groups in total. The molecular weight excluding hydrogens is 715 g/mol. The molecule has 0 unspecified atom stereocenters. The van der Waals surface area contributed by atoms with E-state index in [1.807, 2.05) is 102 Å². The second-order valence-electron chi connectivity index (χ2n) is 15.5. The van der Waals surface area contributed by atoms with E-state index in [-0.39, 0.29) is 37.4 Å². The molecule has 14 heteroatoms. The van der Waals surface area contributed by atoms with E-state index in [1.165, 1.54) is 7.11 Å². The zero-order valence-corrected chi connectivity index (χ0v) is 34.0. The number of nitrogens with zero attached hydrogens (tertiary/aromatic N) is 4. The van der Waals surface area contributed by atoms with Gasteiger partial charge in [-0.2, -0.15) is 0 Å². The Hall–Kier alpha value is -5.21. The molecule has 1 aromatic heterocycles. The van der Waals surface area contributed by atoms with Gasteiger partial charge in [0.15, 0.2) is 0 Å². The molecule has 0 aliphatic carbocycles. The molecule has 0 radical (unpaired) electrons. The normalized spacial score (nSPS) is 15.8. The van der Waals surface area contributed by atoms with E-state index >= 15 is 0 Å². The van der Waals surface area contributed by atoms with E-state index < -0.39 is 41.6 Å². The van der Waals surface area contributed by atoms with Gasteiger partial charge < -0.3 is 35.0 Å². The molecule has 304 valence electrons. The lowest BCUT2D eigenvalue weighted by Gasteiger charge is -2.36. The number of benzene rings is 2. The van der Waals surface area contributed by atoms with E-state index in [4.69, 9.17) is 9.47 Å². The number of ether oxygens (including phenoxy) is 2. The zero-order chi connectivity index (χ0) is 41.0. The lowest BCUT2D eigenvalue weighted by Crippen LogP contribution is -2.60. The Morgan fingerprint density at radius 1 is 0.929 bits per heavy atom. The SMILES string of the molecule is CC[C@H](C)[C@@H](C(=O)N[C@@H](Cc1ccccc1)[C@@H](O)CN(Cc1ccc(OC)cc1)NC(=O)[C@@H](NC(=O)OC)C(C)(C)C)N1CCN(Cc2cccc(C)n2)C1=O. The summed E-state index contributed by atoms with van der Waals surface area (Å²) < 4.78 is 10.1. The van der Waals surface area contributed by atoms with Crippen LogP contribution in [0.1, 0.15) is 63.6 Å². The highest BCUT2D eigenvalue weighted by Gasteiger charge is 2.41. The third-order valence-corrected chi connectivity index (χ3v) is 10.1. The minimum Gasteiger partial charge on any atom is -0.497 e. The molecular formula is C42H59N7O7. The molecule has 2 aromatic carbocycles. The van der Waals surface area contributed by atoms with Crippen LogP contribution in [0.5, 0.6) is 5.75 Å². The van der Waals surface area contributed by atoms with Gasteiger partial charge >= 0.3 is 12.1 Å². The minimum atomic E-state index is -1.20. The summed E-state index contributed by atoms with van der Waals surface area (Å²) in [4.78, 5) is 62.3. The zero-order valence-electron chi connectivity index (χ0n) is 34.0. The second-order valence-corrected chi connectivity index (χ2v) is 15.5. The summed E-state index contributed by atoms with van der Waals surface area (Å²) >= 11 is 0. The monoisotopic (exact) mass is 773 g/mol.